The maximum absolute atomic E-state index is 13.7. The fourth-order valence-electron chi connectivity index (χ4n) is 4.52. The minimum absolute atomic E-state index is 0.0830. The molecule has 0 spiro atoms. The first-order chi connectivity index (χ1) is 13.9. The van der Waals surface area contributed by atoms with Crippen LogP contribution >= 0.6 is 0 Å². The molecule has 0 radical (unpaired) electrons. The van der Waals surface area contributed by atoms with Gasteiger partial charge in [-0.15, -0.1) is 0 Å². The normalized spacial score (nSPS) is 19.0. The number of aromatic nitrogens is 1. The Morgan fingerprint density at radius 2 is 1.83 bits per heavy atom. The monoisotopic (exact) mass is 394 g/mol. The lowest BCUT2D eigenvalue weighted by molar-refractivity contribution is -0.138. The SMILES string of the molecule is O=C1CCCC2=C1[C@@H](c1ccccc1C(F)(F)F)Nc1ccc3ncccc3c12. The van der Waals surface area contributed by atoms with Gasteiger partial charge in [0.15, 0.2) is 5.78 Å². The number of anilines is 1. The molecule has 1 N–H and O–H groups in total. The van der Waals surface area contributed by atoms with Crippen LogP contribution in [0.1, 0.15) is 42.0 Å². The van der Waals surface area contributed by atoms with E-state index in [1.165, 1.54) is 12.1 Å². The van der Waals surface area contributed by atoms with Crippen molar-refractivity contribution in [3.63, 3.8) is 0 Å². The Bertz CT molecular complexity index is 1180. The molecular weight excluding hydrogens is 377 g/mol. The highest BCUT2D eigenvalue weighted by molar-refractivity contribution is 6.12. The van der Waals surface area contributed by atoms with E-state index in [1.807, 2.05) is 24.3 Å². The van der Waals surface area contributed by atoms with Crippen LogP contribution in [0.25, 0.3) is 16.5 Å². The molecule has 29 heavy (non-hydrogen) atoms. The molecule has 1 aromatic heterocycles. The number of halogens is 3. The van der Waals surface area contributed by atoms with E-state index >= 15 is 0 Å². The van der Waals surface area contributed by atoms with E-state index in [2.05, 4.69) is 10.3 Å². The average Bonchev–Trinajstić information content (AvgIpc) is 2.72. The summed E-state index contributed by atoms with van der Waals surface area (Å²) in [5.41, 5.74) is 3.09. The minimum atomic E-state index is -4.50. The number of hydrogen-bond donors (Lipinski definition) is 1. The molecule has 0 saturated heterocycles. The van der Waals surface area contributed by atoms with Gasteiger partial charge >= 0.3 is 6.18 Å². The second kappa shape index (κ2) is 6.44. The minimum Gasteiger partial charge on any atom is -0.373 e. The van der Waals surface area contributed by atoms with Crippen molar-refractivity contribution in [2.45, 2.75) is 31.5 Å². The molecule has 1 aliphatic carbocycles. The summed E-state index contributed by atoms with van der Waals surface area (Å²) >= 11 is 0. The zero-order valence-corrected chi connectivity index (χ0v) is 15.4. The lowest BCUT2D eigenvalue weighted by Gasteiger charge is -2.35. The van der Waals surface area contributed by atoms with Crippen molar-refractivity contribution in [3.05, 3.63) is 77.0 Å². The first kappa shape index (κ1) is 17.9. The number of ketones is 1. The number of fused-ring (bicyclic) bond motifs is 4. The molecule has 0 fully saturated rings. The van der Waals surface area contributed by atoms with Crippen molar-refractivity contribution >= 4 is 27.9 Å². The topological polar surface area (TPSA) is 42.0 Å². The molecule has 6 heteroatoms. The predicted octanol–water partition coefficient (Wildman–Crippen LogP) is 5.93. The molecule has 0 unspecified atom stereocenters. The van der Waals surface area contributed by atoms with Crippen molar-refractivity contribution in [2.24, 2.45) is 0 Å². The van der Waals surface area contributed by atoms with Gasteiger partial charge in [-0.05, 0) is 48.2 Å². The highest BCUT2D eigenvalue weighted by Gasteiger charge is 2.40. The van der Waals surface area contributed by atoms with E-state index in [0.29, 0.717) is 24.8 Å². The van der Waals surface area contributed by atoms with Crippen molar-refractivity contribution in [2.75, 3.05) is 5.32 Å². The number of hydrogen-bond acceptors (Lipinski definition) is 3. The maximum atomic E-state index is 13.7. The number of carbonyl (C=O) groups excluding carboxylic acids is 1. The van der Waals surface area contributed by atoms with Gasteiger partial charge in [0.2, 0.25) is 0 Å². The van der Waals surface area contributed by atoms with E-state index in [1.54, 1.807) is 12.3 Å². The summed E-state index contributed by atoms with van der Waals surface area (Å²) in [4.78, 5) is 17.3. The van der Waals surface area contributed by atoms with Crippen molar-refractivity contribution in [1.82, 2.24) is 4.98 Å². The fraction of sp³-hybridized carbons (Fsp3) is 0.217. The summed E-state index contributed by atoms with van der Waals surface area (Å²) in [5, 5.41) is 4.15. The van der Waals surface area contributed by atoms with Gasteiger partial charge in [0.05, 0.1) is 17.1 Å². The lowest BCUT2D eigenvalue weighted by Crippen LogP contribution is -2.29. The molecule has 1 atom stereocenters. The molecule has 3 aromatic rings. The van der Waals surface area contributed by atoms with Crippen LogP contribution in [0.5, 0.6) is 0 Å². The first-order valence-corrected chi connectivity index (χ1v) is 9.52. The summed E-state index contributed by atoms with van der Waals surface area (Å²) in [7, 11) is 0. The number of nitrogens with zero attached hydrogens (tertiary/aromatic N) is 1. The van der Waals surface area contributed by atoms with Crippen LogP contribution in [0, 0.1) is 0 Å². The van der Waals surface area contributed by atoms with Gasteiger partial charge in [0.1, 0.15) is 0 Å². The van der Waals surface area contributed by atoms with Crippen LogP contribution in [0.15, 0.2) is 60.3 Å². The Morgan fingerprint density at radius 1 is 1.00 bits per heavy atom. The lowest BCUT2D eigenvalue weighted by atomic mass is 9.76. The van der Waals surface area contributed by atoms with E-state index in [9.17, 15) is 18.0 Å². The van der Waals surface area contributed by atoms with Crippen LogP contribution in [0.4, 0.5) is 18.9 Å². The highest BCUT2D eigenvalue weighted by Crippen LogP contribution is 2.49. The van der Waals surface area contributed by atoms with Crippen LogP contribution in [0.3, 0.4) is 0 Å². The summed E-state index contributed by atoms with van der Waals surface area (Å²) < 4.78 is 41.1. The van der Waals surface area contributed by atoms with Crippen LogP contribution in [-0.2, 0) is 11.0 Å². The number of nitrogens with one attached hydrogen (secondary N) is 1. The molecular formula is C23H17F3N2O. The van der Waals surface area contributed by atoms with Crippen molar-refractivity contribution in [3.8, 4) is 0 Å². The van der Waals surface area contributed by atoms with E-state index in [-0.39, 0.29) is 11.3 Å². The third-order valence-corrected chi connectivity index (χ3v) is 5.71. The summed E-state index contributed by atoms with van der Waals surface area (Å²) in [5.74, 6) is -0.0905. The molecule has 2 aliphatic rings. The smallest absolute Gasteiger partial charge is 0.373 e. The van der Waals surface area contributed by atoms with E-state index in [4.69, 9.17) is 0 Å². The van der Waals surface area contributed by atoms with Crippen molar-refractivity contribution in [1.29, 1.82) is 0 Å². The quantitative estimate of drug-likeness (QED) is 0.556. The molecule has 0 bridgehead atoms. The van der Waals surface area contributed by atoms with E-state index in [0.717, 1.165) is 33.8 Å². The average molecular weight is 394 g/mol. The standard InChI is InChI=1S/C23H17F3N2O/c24-23(25,26)16-8-2-1-5-13(16)22-21-15(6-3-9-19(21)29)20-14-7-4-12-27-17(14)10-11-18(20)28-22/h1-2,4-5,7-8,10-12,22,28H,3,6,9H2/t22-/m1/s1. The zero-order valence-electron chi connectivity index (χ0n) is 15.4. The van der Waals surface area contributed by atoms with Gasteiger partial charge < -0.3 is 5.32 Å². The fourth-order valence-corrected chi connectivity index (χ4v) is 4.52. The van der Waals surface area contributed by atoms with Crippen LogP contribution in [0.2, 0.25) is 0 Å². The number of carbonyl (C=O) groups is 1. The molecule has 5 rings (SSSR count). The van der Waals surface area contributed by atoms with Gasteiger partial charge in [-0.3, -0.25) is 9.78 Å². The van der Waals surface area contributed by atoms with Crippen molar-refractivity contribution < 1.29 is 18.0 Å². The Hall–Kier alpha value is -3.15. The molecule has 0 saturated carbocycles. The third-order valence-electron chi connectivity index (χ3n) is 5.71. The van der Waals surface area contributed by atoms with Crippen LogP contribution in [-0.4, -0.2) is 10.8 Å². The van der Waals surface area contributed by atoms with Gasteiger partial charge in [-0.25, -0.2) is 0 Å². The second-order valence-electron chi connectivity index (χ2n) is 7.39. The molecule has 146 valence electrons. The highest BCUT2D eigenvalue weighted by atomic mass is 19.4. The van der Waals surface area contributed by atoms with Gasteiger partial charge in [0.25, 0.3) is 0 Å². The second-order valence-corrected chi connectivity index (χ2v) is 7.39. The summed E-state index contributed by atoms with van der Waals surface area (Å²) in [6.45, 7) is 0. The molecule has 2 aromatic carbocycles. The number of benzene rings is 2. The van der Waals surface area contributed by atoms with Crippen LogP contribution < -0.4 is 5.32 Å². The largest absolute Gasteiger partial charge is 0.416 e. The number of Topliss-reactive ketones (excluding diaryl/α,β-unsaturated/α-hetero) is 1. The first-order valence-electron chi connectivity index (χ1n) is 9.52. The predicted molar refractivity (Wildman–Crippen MR) is 105 cm³/mol. The number of pyridine rings is 1. The molecule has 3 nitrogen and oxygen atoms in total. The Labute approximate surface area is 165 Å². The molecule has 2 heterocycles. The van der Waals surface area contributed by atoms with E-state index < -0.39 is 17.8 Å². The summed E-state index contributed by atoms with van der Waals surface area (Å²) in [6, 6.07) is 12.1. The zero-order chi connectivity index (χ0) is 20.2. The Morgan fingerprint density at radius 3 is 2.66 bits per heavy atom. The number of alkyl halides is 3. The third kappa shape index (κ3) is 2.82. The maximum Gasteiger partial charge on any atom is 0.416 e. The number of allylic oxidation sites excluding steroid dienone is 1. The Kier molecular flexibility index (Phi) is 3.98. The molecule has 1 aliphatic heterocycles. The van der Waals surface area contributed by atoms with Gasteiger partial charge in [0, 0.05) is 34.8 Å². The number of rotatable bonds is 1. The summed E-state index contributed by atoms with van der Waals surface area (Å²) in [6.07, 6.45) is -1.08. The van der Waals surface area contributed by atoms with Gasteiger partial charge in [-0.2, -0.15) is 13.2 Å². The Balaban J connectivity index is 1.79. The van der Waals surface area contributed by atoms with Gasteiger partial charge in [-0.1, -0.05) is 24.3 Å². The molecule has 0 amide bonds.